The van der Waals surface area contributed by atoms with Crippen LogP contribution in [0, 0.1) is 12.7 Å². The normalized spacial score (nSPS) is 10.8. The van der Waals surface area contributed by atoms with Crippen LogP contribution >= 0.6 is 0 Å². The largest absolute Gasteiger partial charge is 0.396 e. The molecule has 0 spiro atoms. The average Bonchev–Trinajstić information content (AvgIpc) is 2.55. The van der Waals surface area contributed by atoms with Crippen molar-refractivity contribution in [2.75, 3.05) is 6.61 Å². The molecule has 4 heteroatoms. The molecule has 0 saturated heterocycles. The Balaban J connectivity index is 2.52. The lowest BCUT2D eigenvalue weighted by Crippen LogP contribution is -2.02. The summed E-state index contributed by atoms with van der Waals surface area (Å²) in [5.41, 5.74) is 2.55. The van der Waals surface area contributed by atoms with E-state index in [4.69, 9.17) is 5.11 Å². The van der Waals surface area contributed by atoms with Gasteiger partial charge in [-0.05, 0) is 19.1 Å². The molecule has 0 amide bonds. The molecule has 0 bridgehead atoms. The van der Waals surface area contributed by atoms with Gasteiger partial charge in [0, 0.05) is 19.0 Å². The average molecular weight is 234 g/mol. The number of hydrogen-bond donors (Lipinski definition) is 1. The third kappa shape index (κ3) is 2.22. The summed E-state index contributed by atoms with van der Waals surface area (Å²) in [5.74, 6) is 0.552. The molecule has 0 atom stereocenters. The van der Waals surface area contributed by atoms with E-state index in [1.54, 1.807) is 6.07 Å². The van der Waals surface area contributed by atoms with Crippen molar-refractivity contribution in [3.8, 4) is 11.3 Å². The number of nitrogens with zero attached hydrogens (tertiary/aromatic N) is 2. The van der Waals surface area contributed by atoms with Crippen molar-refractivity contribution in [1.29, 1.82) is 0 Å². The fourth-order valence-corrected chi connectivity index (χ4v) is 2.06. The molecular formula is C13H15FN2O. The molecule has 90 valence electrons. The van der Waals surface area contributed by atoms with Crippen molar-refractivity contribution in [2.24, 2.45) is 7.05 Å². The van der Waals surface area contributed by atoms with E-state index in [9.17, 15) is 4.39 Å². The van der Waals surface area contributed by atoms with Gasteiger partial charge in [0.1, 0.15) is 11.6 Å². The predicted molar refractivity (Wildman–Crippen MR) is 64.1 cm³/mol. The Morgan fingerprint density at radius 3 is 2.82 bits per heavy atom. The van der Waals surface area contributed by atoms with E-state index < -0.39 is 0 Å². The molecule has 1 heterocycles. The standard InChI is InChI=1S/C13H15FN2O/c1-9-13(10-4-3-5-11(14)8-10)16(2)12(15-9)6-7-17/h3-5,8,17H,6-7H2,1-2H3. The number of rotatable bonds is 3. The van der Waals surface area contributed by atoms with Crippen molar-refractivity contribution in [1.82, 2.24) is 9.55 Å². The van der Waals surface area contributed by atoms with Gasteiger partial charge in [-0.1, -0.05) is 12.1 Å². The zero-order valence-electron chi connectivity index (χ0n) is 9.94. The van der Waals surface area contributed by atoms with Gasteiger partial charge < -0.3 is 9.67 Å². The molecule has 0 radical (unpaired) electrons. The monoisotopic (exact) mass is 234 g/mol. The predicted octanol–water partition coefficient (Wildman–Crippen LogP) is 2.07. The summed E-state index contributed by atoms with van der Waals surface area (Å²) in [6.07, 6.45) is 0.507. The molecule has 0 aliphatic heterocycles. The van der Waals surface area contributed by atoms with Crippen LogP contribution in [-0.2, 0) is 13.5 Å². The molecule has 2 rings (SSSR count). The zero-order chi connectivity index (χ0) is 12.4. The molecule has 3 nitrogen and oxygen atoms in total. The van der Waals surface area contributed by atoms with E-state index >= 15 is 0 Å². The lowest BCUT2D eigenvalue weighted by atomic mass is 10.1. The van der Waals surface area contributed by atoms with E-state index in [-0.39, 0.29) is 12.4 Å². The van der Waals surface area contributed by atoms with Crippen LogP contribution in [0.5, 0.6) is 0 Å². The highest BCUT2D eigenvalue weighted by atomic mass is 19.1. The molecule has 0 unspecified atom stereocenters. The molecule has 17 heavy (non-hydrogen) atoms. The van der Waals surface area contributed by atoms with E-state index in [1.807, 2.05) is 24.6 Å². The summed E-state index contributed by atoms with van der Waals surface area (Å²) in [7, 11) is 1.88. The van der Waals surface area contributed by atoms with Gasteiger partial charge in [0.15, 0.2) is 0 Å². The Morgan fingerprint density at radius 2 is 2.18 bits per heavy atom. The topological polar surface area (TPSA) is 38.1 Å². The van der Waals surface area contributed by atoms with Crippen LogP contribution in [0.2, 0.25) is 0 Å². The van der Waals surface area contributed by atoms with Gasteiger partial charge in [0.2, 0.25) is 0 Å². The van der Waals surface area contributed by atoms with Gasteiger partial charge in [0.05, 0.1) is 18.0 Å². The SMILES string of the molecule is Cc1nc(CCO)n(C)c1-c1cccc(F)c1. The Kier molecular flexibility index (Phi) is 3.24. The zero-order valence-corrected chi connectivity index (χ0v) is 9.94. The number of aliphatic hydroxyl groups is 1. The second kappa shape index (κ2) is 4.67. The highest BCUT2D eigenvalue weighted by molar-refractivity contribution is 5.62. The molecule has 2 aromatic rings. The third-order valence-corrected chi connectivity index (χ3v) is 2.80. The van der Waals surface area contributed by atoms with E-state index in [2.05, 4.69) is 4.98 Å². The van der Waals surface area contributed by atoms with E-state index in [0.29, 0.717) is 6.42 Å². The smallest absolute Gasteiger partial charge is 0.123 e. The first-order chi connectivity index (χ1) is 8.13. The lowest BCUT2D eigenvalue weighted by Gasteiger charge is -2.06. The Hall–Kier alpha value is -1.68. The van der Waals surface area contributed by atoms with Gasteiger partial charge in [-0.25, -0.2) is 9.37 Å². The maximum atomic E-state index is 13.2. The second-order valence-corrected chi connectivity index (χ2v) is 4.01. The van der Waals surface area contributed by atoms with Gasteiger partial charge in [-0.2, -0.15) is 0 Å². The van der Waals surface area contributed by atoms with Gasteiger partial charge in [-0.15, -0.1) is 0 Å². The lowest BCUT2D eigenvalue weighted by molar-refractivity contribution is 0.295. The van der Waals surface area contributed by atoms with Crippen molar-refractivity contribution in [3.05, 3.63) is 41.6 Å². The first-order valence-electron chi connectivity index (χ1n) is 5.52. The minimum Gasteiger partial charge on any atom is -0.396 e. The minimum atomic E-state index is -0.258. The highest BCUT2D eigenvalue weighted by Gasteiger charge is 2.13. The molecule has 1 aromatic heterocycles. The number of hydrogen-bond acceptors (Lipinski definition) is 2. The minimum absolute atomic E-state index is 0.0624. The van der Waals surface area contributed by atoms with Gasteiger partial charge in [0.25, 0.3) is 0 Å². The molecule has 0 fully saturated rings. The van der Waals surface area contributed by atoms with E-state index in [1.165, 1.54) is 12.1 Å². The number of imidazole rings is 1. The van der Waals surface area contributed by atoms with E-state index in [0.717, 1.165) is 22.8 Å². The van der Waals surface area contributed by atoms with Crippen molar-refractivity contribution >= 4 is 0 Å². The maximum absolute atomic E-state index is 13.2. The Labute approximate surface area is 99.5 Å². The summed E-state index contributed by atoms with van der Waals surface area (Å²) >= 11 is 0. The number of aryl methyl sites for hydroxylation is 1. The highest BCUT2D eigenvalue weighted by Crippen LogP contribution is 2.24. The third-order valence-electron chi connectivity index (χ3n) is 2.80. The van der Waals surface area contributed by atoms with Gasteiger partial charge in [-0.3, -0.25) is 0 Å². The molecule has 0 aliphatic rings. The van der Waals surface area contributed by atoms with Gasteiger partial charge >= 0.3 is 0 Å². The van der Waals surface area contributed by atoms with Crippen molar-refractivity contribution < 1.29 is 9.50 Å². The second-order valence-electron chi connectivity index (χ2n) is 4.01. The molecule has 0 saturated carbocycles. The number of halogens is 1. The maximum Gasteiger partial charge on any atom is 0.123 e. The van der Waals surface area contributed by atoms with Crippen molar-refractivity contribution in [3.63, 3.8) is 0 Å². The summed E-state index contributed by atoms with van der Waals surface area (Å²) < 4.78 is 15.1. The summed E-state index contributed by atoms with van der Waals surface area (Å²) in [4.78, 5) is 4.39. The molecule has 0 aliphatic carbocycles. The van der Waals surface area contributed by atoms with Crippen LogP contribution in [0.3, 0.4) is 0 Å². The first kappa shape index (κ1) is 11.8. The molecule has 1 N–H and O–H groups in total. The fraction of sp³-hybridized carbons (Fsp3) is 0.308. The van der Waals surface area contributed by atoms with Crippen LogP contribution in [0.25, 0.3) is 11.3 Å². The van der Waals surface area contributed by atoms with Crippen LogP contribution in [0.4, 0.5) is 4.39 Å². The Bertz CT molecular complexity index is 534. The fourth-order valence-electron chi connectivity index (χ4n) is 2.06. The van der Waals surface area contributed by atoms with Crippen molar-refractivity contribution in [2.45, 2.75) is 13.3 Å². The number of aromatic nitrogens is 2. The van der Waals surface area contributed by atoms with Crippen LogP contribution < -0.4 is 0 Å². The molecular weight excluding hydrogens is 219 g/mol. The quantitative estimate of drug-likeness (QED) is 0.882. The first-order valence-corrected chi connectivity index (χ1v) is 5.52. The molecule has 1 aromatic carbocycles. The number of benzene rings is 1. The Morgan fingerprint density at radius 1 is 1.41 bits per heavy atom. The van der Waals surface area contributed by atoms with Crippen LogP contribution in [0.1, 0.15) is 11.5 Å². The van der Waals surface area contributed by atoms with Crippen LogP contribution in [-0.4, -0.2) is 21.3 Å². The summed E-state index contributed by atoms with van der Waals surface area (Å²) in [5, 5.41) is 8.95. The van der Waals surface area contributed by atoms with Crippen LogP contribution in [0.15, 0.2) is 24.3 Å². The summed E-state index contributed by atoms with van der Waals surface area (Å²) in [6.45, 7) is 1.95. The summed E-state index contributed by atoms with van der Waals surface area (Å²) in [6, 6.07) is 6.45. The number of aliphatic hydroxyl groups excluding tert-OH is 1.